The van der Waals surface area contributed by atoms with Gasteiger partial charge >= 0.3 is 11.8 Å². The summed E-state index contributed by atoms with van der Waals surface area (Å²) in [5, 5.41) is 5.08. The molecule has 1 atom stereocenters. The minimum absolute atomic E-state index is 0.0428. The molecule has 0 aromatic heterocycles. The van der Waals surface area contributed by atoms with Gasteiger partial charge in [0.2, 0.25) is 10.0 Å². The number of nitrogens with one attached hydrogen (secondary N) is 2. The maximum atomic E-state index is 12.1. The first-order valence-electron chi connectivity index (χ1n) is 8.66. The highest BCUT2D eigenvalue weighted by Crippen LogP contribution is 2.31. The average Bonchev–Trinajstić information content (AvgIpc) is 3.11. The van der Waals surface area contributed by atoms with Crippen molar-refractivity contribution in [1.82, 2.24) is 5.32 Å². The zero-order chi connectivity index (χ0) is 18.7. The summed E-state index contributed by atoms with van der Waals surface area (Å²) < 4.78 is 30.7. The van der Waals surface area contributed by atoms with Crippen molar-refractivity contribution in [3.05, 3.63) is 23.8 Å². The van der Waals surface area contributed by atoms with Crippen LogP contribution in [0.1, 0.15) is 24.8 Å². The summed E-state index contributed by atoms with van der Waals surface area (Å²) >= 11 is 0. The molecule has 0 saturated carbocycles. The van der Waals surface area contributed by atoms with Crippen molar-refractivity contribution in [1.29, 1.82) is 0 Å². The highest BCUT2D eigenvalue weighted by molar-refractivity contribution is 7.92. The molecule has 1 saturated heterocycles. The summed E-state index contributed by atoms with van der Waals surface area (Å²) in [5.74, 6) is -1.53. The summed E-state index contributed by atoms with van der Waals surface area (Å²) in [4.78, 5) is 24.0. The standard InChI is InChI=1S/C17H23N3O5S/c1-26(23,24)20-8-2-4-12-6-7-13(10-15(12)20)19-17(22)16(21)18-11-14-5-3-9-25-14/h6-7,10,14H,2-5,8-9,11H2,1H3,(H,18,21)(H,19,22)/t14-/m1/s1. The quantitative estimate of drug-likeness (QED) is 0.745. The second-order valence-corrected chi connectivity index (χ2v) is 8.49. The van der Waals surface area contributed by atoms with Crippen LogP contribution in [0.5, 0.6) is 0 Å². The van der Waals surface area contributed by atoms with Gasteiger partial charge in [0.05, 0.1) is 18.0 Å². The van der Waals surface area contributed by atoms with Gasteiger partial charge in [0.25, 0.3) is 0 Å². The van der Waals surface area contributed by atoms with Crippen molar-refractivity contribution in [2.24, 2.45) is 0 Å². The Hall–Kier alpha value is -2.13. The van der Waals surface area contributed by atoms with Crippen LogP contribution in [0, 0.1) is 0 Å². The molecule has 1 aromatic rings. The van der Waals surface area contributed by atoms with Gasteiger partial charge in [-0.3, -0.25) is 13.9 Å². The van der Waals surface area contributed by atoms with Gasteiger partial charge < -0.3 is 15.4 Å². The number of rotatable bonds is 4. The number of carbonyl (C=O) groups is 2. The monoisotopic (exact) mass is 381 g/mol. The summed E-state index contributed by atoms with van der Waals surface area (Å²) in [5.41, 5.74) is 1.84. The second-order valence-electron chi connectivity index (χ2n) is 6.58. The van der Waals surface area contributed by atoms with E-state index in [9.17, 15) is 18.0 Å². The van der Waals surface area contributed by atoms with Crippen LogP contribution in [0.3, 0.4) is 0 Å². The minimum atomic E-state index is -3.39. The van der Waals surface area contributed by atoms with E-state index < -0.39 is 21.8 Å². The molecular weight excluding hydrogens is 358 g/mol. The van der Waals surface area contributed by atoms with Gasteiger partial charge in [-0.25, -0.2) is 8.42 Å². The fraction of sp³-hybridized carbons (Fsp3) is 0.529. The topological polar surface area (TPSA) is 105 Å². The zero-order valence-electron chi connectivity index (χ0n) is 14.7. The molecule has 2 N–H and O–H groups in total. The number of sulfonamides is 1. The molecule has 2 amide bonds. The third-order valence-electron chi connectivity index (χ3n) is 4.54. The lowest BCUT2D eigenvalue weighted by atomic mass is 10.0. The van der Waals surface area contributed by atoms with Gasteiger partial charge in [-0.2, -0.15) is 0 Å². The van der Waals surface area contributed by atoms with Crippen LogP contribution in [-0.4, -0.2) is 52.3 Å². The van der Waals surface area contributed by atoms with Crippen LogP contribution in [-0.2, 0) is 30.8 Å². The lowest BCUT2D eigenvalue weighted by Gasteiger charge is -2.29. The van der Waals surface area contributed by atoms with Crippen molar-refractivity contribution in [3.8, 4) is 0 Å². The predicted octanol–water partition coefficient (Wildman–Crippen LogP) is 0.632. The Morgan fingerprint density at radius 2 is 2.08 bits per heavy atom. The number of fused-ring (bicyclic) bond motifs is 1. The maximum Gasteiger partial charge on any atom is 0.313 e. The fourth-order valence-corrected chi connectivity index (χ4v) is 4.23. The van der Waals surface area contributed by atoms with E-state index in [1.54, 1.807) is 18.2 Å². The highest BCUT2D eigenvalue weighted by atomic mass is 32.2. The maximum absolute atomic E-state index is 12.1. The highest BCUT2D eigenvalue weighted by Gasteiger charge is 2.25. The lowest BCUT2D eigenvalue weighted by Crippen LogP contribution is -2.39. The van der Waals surface area contributed by atoms with Crippen LogP contribution in [0.2, 0.25) is 0 Å². The lowest BCUT2D eigenvalue weighted by molar-refractivity contribution is -0.136. The number of anilines is 2. The van der Waals surface area contributed by atoms with E-state index >= 15 is 0 Å². The van der Waals surface area contributed by atoms with Crippen molar-refractivity contribution in [2.45, 2.75) is 31.8 Å². The molecule has 2 aliphatic rings. The van der Waals surface area contributed by atoms with Crippen LogP contribution in [0.15, 0.2) is 18.2 Å². The molecule has 0 bridgehead atoms. The molecule has 0 spiro atoms. The van der Waals surface area contributed by atoms with Crippen LogP contribution < -0.4 is 14.9 Å². The van der Waals surface area contributed by atoms with Gasteiger partial charge in [-0.15, -0.1) is 0 Å². The van der Waals surface area contributed by atoms with Crippen molar-refractivity contribution < 1.29 is 22.7 Å². The Labute approximate surface area is 152 Å². The Bertz CT molecular complexity index is 803. The van der Waals surface area contributed by atoms with E-state index in [4.69, 9.17) is 4.74 Å². The number of aryl methyl sites for hydroxylation is 1. The Kier molecular flexibility index (Phi) is 5.47. The zero-order valence-corrected chi connectivity index (χ0v) is 15.5. The molecule has 2 aliphatic heterocycles. The minimum Gasteiger partial charge on any atom is -0.376 e. The molecule has 2 heterocycles. The van der Waals surface area contributed by atoms with Crippen LogP contribution in [0.25, 0.3) is 0 Å². The van der Waals surface area contributed by atoms with E-state index in [0.29, 0.717) is 31.1 Å². The number of ether oxygens (including phenoxy) is 1. The predicted molar refractivity (Wildman–Crippen MR) is 97.6 cm³/mol. The van der Waals surface area contributed by atoms with Gasteiger partial charge in [-0.1, -0.05) is 6.07 Å². The SMILES string of the molecule is CS(=O)(=O)N1CCCc2ccc(NC(=O)C(=O)NC[C@H]3CCCO3)cc21. The smallest absolute Gasteiger partial charge is 0.313 e. The molecule has 9 heteroatoms. The first kappa shape index (κ1) is 18.7. The fourth-order valence-electron chi connectivity index (χ4n) is 3.24. The Balaban J connectivity index is 1.66. The molecule has 0 aliphatic carbocycles. The summed E-state index contributed by atoms with van der Waals surface area (Å²) in [6.45, 7) is 1.39. The Morgan fingerprint density at radius 1 is 1.27 bits per heavy atom. The summed E-state index contributed by atoms with van der Waals surface area (Å²) in [6, 6.07) is 5.06. The average molecular weight is 381 g/mol. The van der Waals surface area contributed by atoms with E-state index in [1.807, 2.05) is 0 Å². The van der Waals surface area contributed by atoms with Gasteiger partial charge in [0, 0.05) is 25.4 Å². The van der Waals surface area contributed by atoms with Gasteiger partial charge in [-0.05, 0) is 43.4 Å². The number of nitrogens with zero attached hydrogens (tertiary/aromatic N) is 1. The number of amides is 2. The molecular formula is C17H23N3O5S. The van der Waals surface area contributed by atoms with Crippen molar-refractivity contribution in [2.75, 3.05) is 35.6 Å². The summed E-state index contributed by atoms with van der Waals surface area (Å²) in [7, 11) is -3.39. The molecule has 142 valence electrons. The number of hydrogen-bond acceptors (Lipinski definition) is 5. The molecule has 1 fully saturated rings. The number of benzene rings is 1. The Morgan fingerprint density at radius 3 is 2.77 bits per heavy atom. The summed E-state index contributed by atoms with van der Waals surface area (Å²) in [6.07, 6.45) is 4.46. The van der Waals surface area contributed by atoms with Crippen LogP contribution in [0.4, 0.5) is 11.4 Å². The number of carbonyl (C=O) groups excluding carboxylic acids is 2. The number of hydrogen-bond donors (Lipinski definition) is 2. The molecule has 3 rings (SSSR count). The third kappa shape index (κ3) is 4.34. The van der Waals surface area contributed by atoms with E-state index in [2.05, 4.69) is 10.6 Å². The molecule has 0 radical (unpaired) electrons. The van der Waals surface area contributed by atoms with E-state index in [0.717, 1.165) is 37.5 Å². The molecule has 8 nitrogen and oxygen atoms in total. The normalized spacial score (nSPS) is 19.7. The van der Waals surface area contributed by atoms with Gasteiger partial charge in [0.15, 0.2) is 0 Å². The first-order valence-corrected chi connectivity index (χ1v) is 10.5. The molecule has 26 heavy (non-hydrogen) atoms. The first-order chi connectivity index (χ1) is 12.3. The van der Waals surface area contributed by atoms with Crippen LogP contribution >= 0.6 is 0 Å². The van der Waals surface area contributed by atoms with Gasteiger partial charge in [0.1, 0.15) is 0 Å². The van der Waals surface area contributed by atoms with Crippen molar-refractivity contribution >= 4 is 33.2 Å². The molecule has 1 aromatic carbocycles. The largest absolute Gasteiger partial charge is 0.376 e. The van der Waals surface area contributed by atoms with E-state index in [1.165, 1.54) is 4.31 Å². The third-order valence-corrected chi connectivity index (χ3v) is 5.72. The van der Waals surface area contributed by atoms with Crippen molar-refractivity contribution in [3.63, 3.8) is 0 Å². The second kappa shape index (κ2) is 7.63. The van der Waals surface area contributed by atoms with E-state index in [-0.39, 0.29) is 6.10 Å². The molecule has 0 unspecified atom stereocenters.